The standard InChI is InChI=1S/C10H24O4Si/c1-4-6-9-13-15(11-3)14-10-7-8-12-5-2/h15H,4-10H2,1-3H3. The van der Waals surface area contributed by atoms with Gasteiger partial charge in [0.1, 0.15) is 0 Å². The summed E-state index contributed by atoms with van der Waals surface area (Å²) >= 11 is 0. The summed E-state index contributed by atoms with van der Waals surface area (Å²) in [6.45, 7) is 7.04. The second kappa shape index (κ2) is 12.1. The molecule has 0 amide bonds. The average molecular weight is 236 g/mol. The Balaban J connectivity index is 3.28. The normalized spacial score (nSPS) is 13.0. The molecule has 0 saturated carbocycles. The van der Waals surface area contributed by atoms with Crippen LogP contribution in [0.15, 0.2) is 0 Å². The summed E-state index contributed by atoms with van der Waals surface area (Å²) in [5, 5.41) is 0. The maximum atomic E-state index is 5.50. The molecule has 0 aliphatic rings. The topological polar surface area (TPSA) is 36.9 Å². The third kappa shape index (κ3) is 10.3. The smallest absolute Gasteiger partial charge is 0.382 e. The summed E-state index contributed by atoms with van der Waals surface area (Å²) in [6.07, 6.45) is 3.10. The lowest BCUT2D eigenvalue weighted by atomic mass is 10.4. The molecule has 1 unspecified atom stereocenters. The molecule has 1 atom stereocenters. The SMILES string of the molecule is CCCCO[SiH](OC)OCCCOCC. The number of ether oxygens (including phenoxy) is 1. The van der Waals surface area contributed by atoms with Crippen molar-refractivity contribution >= 4 is 9.53 Å². The van der Waals surface area contributed by atoms with E-state index in [0.717, 1.165) is 39.1 Å². The van der Waals surface area contributed by atoms with E-state index in [4.69, 9.17) is 18.0 Å². The predicted octanol–water partition coefficient (Wildman–Crippen LogP) is 1.61. The minimum absolute atomic E-state index is 0.664. The lowest BCUT2D eigenvalue weighted by Gasteiger charge is -2.14. The molecule has 0 aromatic rings. The zero-order valence-electron chi connectivity index (χ0n) is 10.2. The van der Waals surface area contributed by atoms with Gasteiger partial charge in [-0.15, -0.1) is 0 Å². The van der Waals surface area contributed by atoms with Gasteiger partial charge in [0.15, 0.2) is 0 Å². The van der Waals surface area contributed by atoms with Crippen LogP contribution in [0, 0.1) is 0 Å². The molecule has 0 saturated heterocycles. The van der Waals surface area contributed by atoms with Gasteiger partial charge in [-0.25, -0.2) is 0 Å². The Morgan fingerprint density at radius 2 is 1.60 bits per heavy atom. The second-order valence-corrected chi connectivity index (χ2v) is 4.89. The van der Waals surface area contributed by atoms with E-state index < -0.39 is 9.53 Å². The van der Waals surface area contributed by atoms with E-state index in [1.165, 1.54) is 0 Å². The molecule has 15 heavy (non-hydrogen) atoms. The van der Waals surface area contributed by atoms with Gasteiger partial charge in [-0.05, 0) is 19.8 Å². The maximum Gasteiger partial charge on any atom is 0.483 e. The van der Waals surface area contributed by atoms with Crippen molar-refractivity contribution in [3.63, 3.8) is 0 Å². The largest absolute Gasteiger partial charge is 0.483 e. The molecule has 0 heterocycles. The fourth-order valence-corrected chi connectivity index (χ4v) is 2.08. The van der Waals surface area contributed by atoms with Crippen molar-refractivity contribution in [1.82, 2.24) is 0 Å². The fraction of sp³-hybridized carbons (Fsp3) is 1.00. The number of unbranched alkanes of at least 4 members (excludes halogenated alkanes) is 1. The summed E-state index contributed by atoms with van der Waals surface area (Å²) < 4.78 is 21.3. The molecular weight excluding hydrogens is 212 g/mol. The summed E-state index contributed by atoms with van der Waals surface area (Å²) in [4.78, 5) is 0. The molecule has 0 spiro atoms. The van der Waals surface area contributed by atoms with E-state index in [-0.39, 0.29) is 0 Å². The van der Waals surface area contributed by atoms with Crippen LogP contribution in [0.25, 0.3) is 0 Å². The van der Waals surface area contributed by atoms with Crippen LogP contribution in [-0.2, 0) is 18.0 Å². The van der Waals surface area contributed by atoms with E-state index >= 15 is 0 Å². The van der Waals surface area contributed by atoms with Crippen LogP contribution in [0.2, 0.25) is 0 Å². The predicted molar refractivity (Wildman–Crippen MR) is 62.1 cm³/mol. The Kier molecular flexibility index (Phi) is 12.2. The monoisotopic (exact) mass is 236 g/mol. The molecule has 0 fully saturated rings. The Morgan fingerprint density at radius 3 is 2.13 bits per heavy atom. The lowest BCUT2D eigenvalue weighted by molar-refractivity contribution is 0.0892. The molecule has 5 heteroatoms. The van der Waals surface area contributed by atoms with E-state index in [2.05, 4.69) is 6.92 Å². The molecule has 0 aliphatic heterocycles. The molecule has 0 aromatic carbocycles. The van der Waals surface area contributed by atoms with Crippen molar-refractivity contribution in [2.24, 2.45) is 0 Å². The van der Waals surface area contributed by atoms with Gasteiger partial charge in [0.05, 0.1) is 0 Å². The Labute approximate surface area is 94.8 Å². The lowest BCUT2D eigenvalue weighted by Crippen LogP contribution is -2.27. The molecule has 0 N–H and O–H groups in total. The van der Waals surface area contributed by atoms with Gasteiger partial charge in [0.2, 0.25) is 0 Å². The van der Waals surface area contributed by atoms with E-state index in [9.17, 15) is 0 Å². The van der Waals surface area contributed by atoms with Crippen molar-refractivity contribution in [1.29, 1.82) is 0 Å². The highest BCUT2D eigenvalue weighted by molar-refractivity contribution is 6.36. The Bertz CT molecular complexity index is 124. The van der Waals surface area contributed by atoms with Crippen molar-refractivity contribution < 1.29 is 18.0 Å². The van der Waals surface area contributed by atoms with Crippen molar-refractivity contribution in [2.75, 3.05) is 33.5 Å². The average Bonchev–Trinajstić information content (AvgIpc) is 2.26. The first-order valence-electron chi connectivity index (χ1n) is 5.68. The first-order valence-corrected chi connectivity index (χ1v) is 7.10. The summed E-state index contributed by atoms with van der Waals surface area (Å²) in [5.74, 6) is 0. The minimum atomic E-state index is -1.85. The maximum absolute atomic E-state index is 5.50. The Hall–Kier alpha value is 0.0569. The Morgan fingerprint density at radius 1 is 0.933 bits per heavy atom. The highest BCUT2D eigenvalue weighted by atomic mass is 28.3. The van der Waals surface area contributed by atoms with Crippen molar-refractivity contribution in [3.8, 4) is 0 Å². The van der Waals surface area contributed by atoms with Gasteiger partial charge in [0, 0.05) is 33.5 Å². The van der Waals surface area contributed by atoms with Gasteiger partial charge < -0.3 is 18.0 Å². The third-order valence-electron chi connectivity index (χ3n) is 1.84. The highest BCUT2D eigenvalue weighted by Crippen LogP contribution is 1.96. The van der Waals surface area contributed by atoms with Gasteiger partial charge in [0.25, 0.3) is 0 Å². The van der Waals surface area contributed by atoms with Crippen LogP contribution in [0.5, 0.6) is 0 Å². The summed E-state index contributed by atoms with van der Waals surface area (Å²) in [6, 6.07) is 0. The van der Waals surface area contributed by atoms with Gasteiger partial charge in [-0.1, -0.05) is 13.3 Å². The van der Waals surface area contributed by atoms with E-state index in [1.54, 1.807) is 7.11 Å². The van der Waals surface area contributed by atoms with Crippen LogP contribution in [0.4, 0.5) is 0 Å². The zero-order valence-corrected chi connectivity index (χ0v) is 11.3. The summed E-state index contributed by atoms with van der Waals surface area (Å²) in [7, 11) is -0.207. The highest BCUT2D eigenvalue weighted by Gasteiger charge is 2.12. The van der Waals surface area contributed by atoms with Gasteiger partial charge >= 0.3 is 9.53 Å². The molecular formula is C10H24O4Si. The molecule has 0 aromatic heterocycles. The number of hydrogen-bond acceptors (Lipinski definition) is 4. The minimum Gasteiger partial charge on any atom is -0.382 e. The summed E-state index contributed by atoms with van der Waals surface area (Å²) in [5.41, 5.74) is 0. The quantitative estimate of drug-likeness (QED) is 0.403. The third-order valence-corrected chi connectivity index (χ3v) is 3.24. The second-order valence-electron chi connectivity index (χ2n) is 3.17. The molecule has 0 bridgehead atoms. The van der Waals surface area contributed by atoms with Crippen molar-refractivity contribution in [2.45, 2.75) is 33.1 Å². The van der Waals surface area contributed by atoms with E-state index in [0.29, 0.717) is 6.61 Å². The zero-order chi connectivity index (χ0) is 11.4. The van der Waals surface area contributed by atoms with Crippen LogP contribution < -0.4 is 0 Å². The fourth-order valence-electron chi connectivity index (χ4n) is 0.993. The van der Waals surface area contributed by atoms with E-state index in [1.807, 2.05) is 6.92 Å². The van der Waals surface area contributed by atoms with Gasteiger partial charge in [-0.2, -0.15) is 0 Å². The molecule has 0 radical (unpaired) electrons. The van der Waals surface area contributed by atoms with Crippen LogP contribution in [-0.4, -0.2) is 43.1 Å². The first kappa shape index (κ1) is 15.1. The number of rotatable bonds is 11. The first-order chi connectivity index (χ1) is 7.35. The molecule has 92 valence electrons. The van der Waals surface area contributed by atoms with Crippen molar-refractivity contribution in [3.05, 3.63) is 0 Å². The van der Waals surface area contributed by atoms with Crippen LogP contribution >= 0.6 is 0 Å². The van der Waals surface area contributed by atoms with Crippen LogP contribution in [0.3, 0.4) is 0 Å². The molecule has 0 aliphatic carbocycles. The number of hydrogen-bond donors (Lipinski definition) is 0. The molecule has 0 rings (SSSR count). The van der Waals surface area contributed by atoms with Crippen LogP contribution in [0.1, 0.15) is 33.1 Å². The van der Waals surface area contributed by atoms with Gasteiger partial charge in [-0.3, -0.25) is 0 Å². The molecule has 4 nitrogen and oxygen atoms in total.